The highest BCUT2D eigenvalue weighted by Gasteiger charge is 2.36. The third-order valence-corrected chi connectivity index (χ3v) is 4.74. The summed E-state index contributed by atoms with van der Waals surface area (Å²) >= 11 is 5.68. The number of ether oxygens (including phenoxy) is 1. The van der Waals surface area contributed by atoms with Crippen LogP contribution in [-0.4, -0.2) is 15.6 Å². The van der Waals surface area contributed by atoms with Gasteiger partial charge in [-0.1, -0.05) is 11.6 Å². The van der Waals surface area contributed by atoms with Crippen LogP contribution in [-0.2, 0) is 24.0 Å². The fourth-order valence-electron chi connectivity index (χ4n) is 3.06. The van der Waals surface area contributed by atoms with Gasteiger partial charge in [-0.25, -0.2) is 13.2 Å². The van der Waals surface area contributed by atoms with Crippen molar-refractivity contribution in [3.8, 4) is 11.4 Å². The van der Waals surface area contributed by atoms with E-state index in [0.717, 1.165) is 35.0 Å². The molecule has 0 aliphatic rings. The van der Waals surface area contributed by atoms with Crippen LogP contribution in [0.2, 0.25) is 5.02 Å². The molecule has 0 atom stereocenters. The van der Waals surface area contributed by atoms with Gasteiger partial charge in [0.2, 0.25) is 0 Å². The number of rotatable bonds is 7. The monoisotopic (exact) mass is 477 g/mol. The molecule has 0 radical (unpaired) electrons. The molecule has 4 nitrogen and oxygen atoms in total. The van der Waals surface area contributed by atoms with Gasteiger partial charge in [0.25, 0.3) is 0 Å². The number of carboxylic acid groups (broad SMARTS) is 1. The van der Waals surface area contributed by atoms with E-state index in [1.165, 1.54) is 6.07 Å². The first-order valence-corrected chi connectivity index (χ1v) is 9.40. The Kier molecular flexibility index (Phi) is 6.73. The molecule has 0 amide bonds. The number of carbonyl (C=O) groups is 1. The Morgan fingerprint density at radius 2 is 1.69 bits per heavy atom. The summed E-state index contributed by atoms with van der Waals surface area (Å²) in [6.07, 6.45) is -4.41. The highest BCUT2D eigenvalue weighted by Crippen LogP contribution is 2.35. The fourth-order valence-corrected chi connectivity index (χ4v) is 3.22. The lowest BCUT2D eigenvalue weighted by Gasteiger charge is -2.16. The standard InChI is InChI=1S/C21H14ClF6NO3/c22-12-2-3-17(14(23)9-12)29-6-5-13(21(26,27)28)18(29)10-32-20-15(24)7-11(8-16(20)25)1-4-19(30)31/h2-3,5-9H,1,4,10H2,(H,30,31). The fraction of sp³-hybridized carbons (Fsp3) is 0.190. The van der Waals surface area contributed by atoms with Crippen molar-refractivity contribution in [2.75, 3.05) is 0 Å². The number of alkyl halides is 3. The first kappa shape index (κ1) is 23.5. The summed E-state index contributed by atoms with van der Waals surface area (Å²) in [5.74, 6) is -5.45. The second kappa shape index (κ2) is 9.15. The minimum atomic E-state index is -4.84. The lowest BCUT2D eigenvalue weighted by molar-refractivity contribution is -0.139. The van der Waals surface area contributed by atoms with Crippen LogP contribution in [0.3, 0.4) is 0 Å². The number of aliphatic carboxylic acids is 1. The minimum Gasteiger partial charge on any atom is -0.481 e. The van der Waals surface area contributed by atoms with Gasteiger partial charge in [0.1, 0.15) is 12.4 Å². The second-order valence-corrected chi connectivity index (χ2v) is 7.15. The van der Waals surface area contributed by atoms with Crippen LogP contribution in [0.5, 0.6) is 5.75 Å². The molecule has 1 heterocycles. The van der Waals surface area contributed by atoms with Crippen molar-refractivity contribution in [3.05, 3.63) is 81.9 Å². The molecule has 0 aliphatic carbocycles. The van der Waals surface area contributed by atoms with E-state index >= 15 is 0 Å². The van der Waals surface area contributed by atoms with Gasteiger partial charge < -0.3 is 14.4 Å². The van der Waals surface area contributed by atoms with Crippen LogP contribution in [0, 0.1) is 17.5 Å². The average molecular weight is 478 g/mol. The molecule has 32 heavy (non-hydrogen) atoms. The van der Waals surface area contributed by atoms with Crippen molar-refractivity contribution < 1.29 is 41.0 Å². The Morgan fingerprint density at radius 1 is 1.03 bits per heavy atom. The summed E-state index contributed by atoms with van der Waals surface area (Å²) in [4.78, 5) is 10.6. The number of aryl methyl sites for hydroxylation is 1. The van der Waals surface area contributed by atoms with Gasteiger partial charge in [0.15, 0.2) is 17.4 Å². The Hall–Kier alpha value is -3.14. The lowest BCUT2D eigenvalue weighted by Crippen LogP contribution is -2.14. The van der Waals surface area contributed by atoms with E-state index in [2.05, 4.69) is 0 Å². The van der Waals surface area contributed by atoms with Crippen molar-refractivity contribution in [2.45, 2.75) is 25.6 Å². The molecular weight excluding hydrogens is 464 g/mol. The molecule has 0 bridgehead atoms. The number of hydrogen-bond acceptors (Lipinski definition) is 2. The van der Waals surface area contributed by atoms with E-state index in [0.29, 0.717) is 6.07 Å². The maximum absolute atomic E-state index is 14.3. The lowest BCUT2D eigenvalue weighted by atomic mass is 10.1. The van der Waals surface area contributed by atoms with Crippen LogP contribution in [0.15, 0.2) is 42.6 Å². The second-order valence-electron chi connectivity index (χ2n) is 6.71. The molecule has 0 spiro atoms. The number of hydrogen-bond donors (Lipinski definition) is 1. The van der Waals surface area contributed by atoms with E-state index < -0.39 is 53.2 Å². The van der Waals surface area contributed by atoms with Crippen LogP contribution >= 0.6 is 11.6 Å². The molecule has 0 aliphatic heterocycles. The van der Waals surface area contributed by atoms with Gasteiger partial charge in [0.05, 0.1) is 16.9 Å². The zero-order chi connectivity index (χ0) is 23.6. The Morgan fingerprint density at radius 3 is 2.25 bits per heavy atom. The highest BCUT2D eigenvalue weighted by atomic mass is 35.5. The van der Waals surface area contributed by atoms with E-state index in [1.807, 2.05) is 0 Å². The van der Waals surface area contributed by atoms with E-state index in [1.54, 1.807) is 0 Å². The first-order chi connectivity index (χ1) is 15.0. The Balaban J connectivity index is 1.95. The summed E-state index contributed by atoms with van der Waals surface area (Å²) in [6, 6.07) is 5.69. The highest BCUT2D eigenvalue weighted by molar-refractivity contribution is 6.30. The summed E-state index contributed by atoms with van der Waals surface area (Å²) < 4.78 is 89.1. The quantitative estimate of drug-likeness (QED) is 0.414. The van der Waals surface area contributed by atoms with Gasteiger partial charge in [-0.3, -0.25) is 4.79 Å². The average Bonchev–Trinajstić information content (AvgIpc) is 3.10. The molecule has 0 saturated heterocycles. The van der Waals surface area contributed by atoms with Gasteiger partial charge in [0, 0.05) is 17.6 Å². The Labute approximate surface area is 182 Å². The normalized spacial score (nSPS) is 11.6. The predicted octanol–water partition coefficient (Wildman–Crippen LogP) is 6.16. The van der Waals surface area contributed by atoms with Crippen LogP contribution < -0.4 is 4.74 Å². The summed E-state index contributed by atoms with van der Waals surface area (Å²) in [5.41, 5.74) is -2.00. The SMILES string of the molecule is O=C(O)CCc1cc(F)c(OCc2c(C(F)(F)F)ccn2-c2ccc(Cl)cc2F)c(F)c1. The van der Waals surface area contributed by atoms with Crippen LogP contribution in [0.25, 0.3) is 5.69 Å². The third kappa shape index (κ3) is 5.18. The molecule has 11 heteroatoms. The number of benzene rings is 2. The zero-order valence-electron chi connectivity index (χ0n) is 16.0. The van der Waals surface area contributed by atoms with Crippen LogP contribution in [0.4, 0.5) is 26.3 Å². The molecular formula is C21H14ClF6NO3. The summed E-state index contributed by atoms with van der Waals surface area (Å²) in [7, 11) is 0. The number of carboxylic acids is 1. The van der Waals surface area contributed by atoms with Gasteiger partial charge >= 0.3 is 12.1 Å². The van der Waals surface area contributed by atoms with Crippen molar-refractivity contribution in [3.63, 3.8) is 0 Å². The topological polar surface area (TPSA) is 51.5 Å². The van der Waals surface area contributed by atoms with Crippen molar-refractivity contribution in [1.29, 1.82) is 0 Å². The zero-order valence-corrected chi connectivity index (χ0v) is 16.8. The largest absolute Gasteiger partial charge is 0.481 e. The van der Waals surface area contributed by atoms with Crippen molar-refractivity contribution in [2.24, 2.45) is 0 Å². The number of halogens is 7. The molecule has 2 aromatic carbocycles. The smallest absolute Gasteiger partial charge is 0.418 e. The molecule has 1 aromatic heterocycles. The van der Waals surface area contributed by atoms with E-state index in [-0.39, 0.29) is 29.1 Å². The molecule has 1 N–H and O–H groups in total. The van der Waals surface area contributed by atoms with Crippen molar-refractivity contribution >= 4 is 17.6 Å². The van der Waals surface area contributed by atoms with E-state index in [9.17, 15) is 31.1 Å². The predicted molar refractivity (Wildman–Crippen MR) is 102 cm³/mol. The minimum absolute atomic E-state index is 0.0272. The molecule has 3 aromatic rings. The van der Waals surface area contributed by atoms with Gasteiger partial charge in [-0.2, -0.15) is 13.2 Å². The number of nitrogens with zero attached hydrogens (tertiary/aromatic N) is 1. The molecule has 0 fully saturated rings. The first-order valence-electron chi connectivity index (χ1n) is 9.02. The maximum atomic E-state index is 14.3. The Bertz CT molecular complexity index is 1140. The van der Waals surface area contributed by atoms with E-state index in [4.69, 9.17) is 21.4 Å². The molecule has 0 unspecified atom stereocenters. The number of aromatic nitrogens is 1. The van der Waals surface area contributed by atoms with Crippen LogP contribution in [0.1, 0.15) is 23.2 Å². The third-order valence-electron chi connectivity index (χ3n) is 4.51. The summed E-state index contributed by atoms with van der Waals surface area (Å²) in [5, 5.41) is 8.69. The molecule has 3 rings (SSSR count). The van der Waals surface area contributed by atoms with Gasteiger partial charge in [-0.05, 0) is 48.4 Å². The molecule has 170 valence electrons. The van der Waals surface area contributed by atoms with Gasteiger partial charge in [-0.15, -0.1) is 0 Å². The summed E-state index contributed by atoms with van der Waals surface area (Å²) in [6.45, 7) is -0.938. The van der Waals surface area contributed by atoms with Crippen molar-refractivity contribution in [1.82, 2.24) is 4.57 Å². The maximum Gasteiger partial charge on any atom is 0.418 e. The molecule has 0 saturated carbocycles.